The van der Waals surface area contributed by atoms with Gasteiger partial charge in [-0.3, -0.25) is 0 Å². The molecule has 0 aliphatic carbocycles. The molecule has 2 aromatic carbocycles. The van der Waals surface area contributed by atoms with Crippen LogP contribution in [0.3, 0.4) is 0 Å². The summed E-state index contributed by atoms with van der Waals surface area (Å²) >= 11 is 0. The largest absolute Gasteiger partial charge is 0.378 e. The van der Waals surface area contributed by atoms with Gasteiger partial charge in [0.1, 0.15) is 0 Å². The van der Waals surface area contributed by atoms with Gasteiger partial charge in [-0.05, 0) is 35.4 Å². The first-order valence-electron chi connectivity index (χ1n) is 7.21. The van der Waals surface area contributed by atoms with E-state index in [1.165, 1.54) is 22.5 Å². The molecule has 0 saturated carbocycles. The van der Waals surface area contributed by atoms with Crippen LogP contribution in [0, 0.1) is 0 Å². The Balaban J connectivity index is 2.04. The highest BCUT2D eigenvalue weighted by molar-refractivity contribution is 5.49. The van der Waals surface area contributed by atoms with E-state index in [1.807, 2.05) is 6.20 Å². The molecule has 0 aliphatic rings. The SMILES string of the molecule is CN(C)c1ccc(C(c2ccccc2)c2ccc[nH]2)cc1. The van der Waals surface area contributed by atoms with Crippen molar-refractivity contribution in [3.8, 4) is 0 Å². The molecule has 1 heterocycles. The maximum absolute atomic E-state index is 3.36. The molecule has 2 heteroatoms. The van der Waals surface area contributed by atoms with Crippen molar-refractivity contribution in [3.05, 3.63) is 89.7 Å². The van der Waals surface area contributed by atoms with Crippen molar-refractivity contribution in [3.63, 3.8) is 0 Å². The third-order valence-corrected chi connectivity index (χ3v) is 3.81. The highest BCUT2D eigenvalue weighted by Crippen LogP contribution is 2.31. The predicted molar refractivity (Wildman–Crippen MR) is 88.9 cm³/mol. The van der Waals surface area contributed by atoms with E-state index in [1.54, 1.807) is 0 Å². The molecule has 0 bridgehead atoms. The summed E-state index contributed by atoms with van der Waals surface area (Å²) in [6.07, 6.45) is 1.99. The monoisotopic (exact) mass is 276 g/mol. The summed E-state index contributed by atoms with van der Waals surface area (Å²) in [6, 6.07) is 23.6. The number of nitrogens with one attached hydrogen (secondary N) is 1. The first kappa shape index (κ1) is 13.5. The lowest BCUT2D eigenvalue weighted by atomic mass is 9.88. The van der Waals surface area contributed by atoms with Gasteiger partial charge >= 0.3 is 0 Å². The van der Waals surface area contributed by atoms with Crippen LogP contribution >= 0.6 is 0 Å². The molecule has 1 unspecified atom stereocenters. The van der Waals surface area contributed by atoms with Crippen molar-refractivity contribution < 1.29 is 0 Å². The molecule has 0 radical (unpaired) electrons. The number of benzene rings is 2. The van der Waals surface area contributed by atoms with Gasteiger partial charge in [-0.25, -0.2) is 0 Å². The number of aromatic nitrogens is 1. The first-order valence-corrected chi connectivity index (χ1v) is 7.21. The quantitative estimate of drug-likeness (QED) is 0.754. The maximum Gasteiger partial charge on any atom is 0.0490 e. The van der Waals surface area contributed by atoms with Crippen LogP contribution in [0.1, 0.15) is 22.7 Å². The summed E-state index contributed by atoms with van der Waals surface area (Å²) in [6.45, 7) is 0. The standard InChI is InChI=1S/C19H20N2/c1-21(2)17-12-10-16(11-13-17)19(18-9-6-14-20-18)15-7-4-3-5-8-15/h3-14,19-20H,1-2H3. The van der Waals surface area contributed by atoms with E-state index in [0.29, 0.717) is 0 Å². The van der Waals surface area contributed by atoms with Gasteiger partial charge < -0.3 is 9.88 Å². The van der Waals surface area contributed by atoms with Crippen LogP contribution in [0.4, 0.5) is 5.69 Å². The Kier molecular flexibility index (Phi) is 3.78. The number of rotatable bonds is 4. The lowest BCUT2D eigenvalue weighted by Crippen LogP contribution is -2.09. The van der Waals surface area contributed by atoms with E-state index in [9.17, 15) is 0 Å². The third kappa shape index (κ3) is 2.84. The summed E-state index contributed by atoms with van der Waals surface area (Å²) in [5.74, 6) is 0.248. The zero-order valence-electron chi connectivity index (χ0n) is 12.5. The highest BCUT2D eigenvalue weighted by Gasteiger charge is 2.17. The number of H-pyrrole nitrogens is 1. The van der Waals surface area contributed by atoms with E-state index in [2.05, 4.69) is 90.7 Å². The van der Waals surface area contributed by atoms with Crippen LogP contribution in [-0.4, -0.2) is 19.1 Å². The van der Waals surface area contributed by atoms with Gasteiger partial charge in [0.05, 0.1) is 0 Å². The van der Waals surface area contributed by atoms with Crippen molar-refractivity contribution in [1.82, 2.24) is 4.98 Å². The molecular formula is C19H20N2. The number of anilines is 1. The summed E-state index contributed by atoms with van der Waals surface area (Å²) in [7, 11) is 4.13. The Morgan fingerprint density at radius 1 is 0.762 bits per heavy atom. The van der Waals surface area contributed by atoms with Gasteiger partial charge in [-0.1, -0.05) is 42.5 Å². The Bertz CT molecular complexity index is 667. The van der Waals surface area contributed by atoms with Crippen LogP contribution in [0.5, 0.6) is 0 Å². The second-order valence-electron chi connectivity index (χ2n) is 5.46. The lowest BCUT2D eigenvalue weighted by Gasteiger charge is -2.19. The first-order chi connectivity index (χ1) is 10.3. The van der Waals surface area contributed by atoms with Gasteiger partial charge in [0, 0.05) is 37.6 Å². The molecule has 0 aliphatic heterocycles. The minimum absolute atomic E-state index is 0.248. The normalized spacial score (nSPS) is 12.1. The minimum atomic E-state index is 0.248. The van der Waals surface area contributed by atoms with Gasteiger partial charge in [0.25, 0.3) is 0 Å². The molecule has 21 heavy (non-hydrogen) atoms. The number of nitrogens with zero attached hydrogens (tertiary/aromatic N) is 1. The molecule has 0 spiro atoms. The fourth-order valence-electron chi connectivity index (χ4n) is 2.69. The fraction of sp³-hybridized carbons (Fsp3) is 0.158. The third-order valence-electron chi connectivity index (χ3n) is 3.81. The van der Waals surface area contributed by atoms with E-state index in [-0.39, 0.29) is 5.92 Å². The van der Waals surface area contributed by atoms with E-state index >= 15 is 0 Å². The Hall–Kier alpha value is -2.48. The molecule has 106 valence electrons. The summed E-state index contributed by atoms with van der Waals surface area (Å²) in [5, 5.41) is 0. The topological polar surface area (TPSA) is 19.0 Å². The second kappa shape index (κ2) is 5.88. The van der Waals surface area contributed by atoms with E-state index < -0.39 is 0 Å². The highest BCUT2D eigenvalue weighted by atomic mass is 15.1. The summed E-state index contributed by atoms with van der Waals surface area (Å²) in [5.41, 5.74) is 5.04. The van der Waals surface area contributed by atoms with Crippen LogP contribution < -0.4 is 4.90 Å². The lowest BCUT2D eigenvalue weighted by molar-refractivity contribution is 0.932. The molecule has 1 N–H and O–H groups in total. The number of hydrogen-bond acceptors (Lipinski definition) is 1. The van der Waals surface area contributed by atoms with Crippen molar-refractivity contribution in [2.75, 3.05) is 19.0 Å². The molecule has 2 nitrogen and oxygen atoms in total. The van der Waals surface area contributed by atoms with Gasteiger partial charge in [-0.15, -0.1) is 0 Å². The van der Waals surface area contributed by atoms with Crippen LogP contribution in [0.15, 0.2) is 72.9 Å². The van der Waals surface area contributed by atoms with E-state index in [4.69, 9.17) is 0 Å². The van der Waals surface area contributed by atoms with Crippen molar-refractivity contribution in [1.29, 1.82) is 0 Å². The smallest absolute Gasteiger partial charge is 0.0490 e. The second-order valence-corrected chi connectivity index (χ2v) is 5.46. The average molecular weight is 276 g/mol. The molecule has 0 saturated heterocycles. The molecule has 0 fully saturated rings. The summed E-state index contributed by atoms with van der Waals surface area (Å²) in [4.78, 5) is 5.48. The van der Waals surface area contributed by atoms with Gasteiger partial charge in [-0.2, -0.15) is 0 Å². The molecular weight excluding hydrogens is 256 g/mol. The van der Waals surface area contributed by atoms with E-state index in [0.717, 1.165) is 0 Å². The van der Waals surface area contributed by atoms with Crippen LogP contribution in [-0.2, 0) is 0 Å². The van der Waals surface area contributed by atoms with Gasteiger partial charge in [0.15, 0.2) is 0 Å². The molecule has 3 rings (SSSR count). The number of aromatic amines is 1. The Labute approximate surface area is 126 Å². The molecule has 1 atom stereocenters. The minimum Gasteiger partial charge on any atom is -0.378 e. The van der Waals surface area contributed by atoms with Crippen molar-refractivity contribution in [2.45, 2.75) is 5.92 Å². The van der Waals surface area contributed by atoms with Crippen LogP contribution in [0.25, 0.3) is 0 Å². The molecule has 1 aromatic heterocycles. The van der Waals surface area contributed by atoms with Crippen LogP contribution in [0.2, 0.25) is 0 Å². The molecule has 3 aromatic rings. The maximum atomic E-state index is 3.36. The Morgan fingerprint density at radius 2 is 1.43 bits per heavy atom. The predicted octanol–water partition coefficient (Wildman–Crippen LogP) is 4.26. The number of hydrogen-bond donors (Lipinski definition) is 1. The summed E-state index contributed by atoms with van der Waals surface area (Å²) < 4.78 is 0. The average Bonchev–Trinajstić information content (AvgIpc) is 3.03. The van der Waals surface area contributed by atoms with Gasteiger partial charge in [0.2, 0.25) is 0 Å². The zero-order chi connectivity index (χ0) is 14.7. The molecule has 0 amide bonds. The zero-order valence-corrected chi connectivity index (χ0v) is 12.5. The van der Waals surface area contributed by atoms with Crippen molar-refractivity contribution >= 4 is 5.69 Å². The fourth-order valence-corrected chi connectivity index (χ4v) is 2.69. The Morgan fingerprint density at radius 3 is 2.00 bits per heavy atom. The van der Waals surface area contributed by atoms with Crippen molar-refractivity contribution in [2.24, 2.45) is 0 Å².